The summed E-state index contributed by atoms with van der Waals surface area (Å²) in [6, 6.07) is 10.5. The van der Waals surface area contributed by atoms with Gasteiger partial charge in [-0.25, -0.2) is 4.99 Å². The lowest BCUT2D eigenvalue weighted by atomic mass is 10.1. The van der Waals surface area contributed by atoms with Crippen LogP contribution in [0.1, 0.15) is 5.56 Å². The molecule has 1 amide bonds. The number of hydrogen-bond donors (Lipinski definition) is 1. The van der Waals surface area contributed by atoms with Crippen LogP contribution in [-0.4, -0.2) is 32.4 Å². The zero-order chi connectivity index (χ0) is 19.4. The van der Waals surface area contributed by atoms with E-state index in [2.05, 4.69) is 10.3 Å². The fourth-order valence-corrected chi connectivity index (χ4v) is 3.37. The Bertz CT molecular complexity index is 943. The van der Waals surface area contributed by atoms with Crippen LogP contribution in [-0.2, 0) is 4.79 Å². The first-order valence-corrected chi connectivity index (χ1v) is 9.08. The third-order valence-corrected chi connectivity index (χ3v) is 4.98. The summed E-state index contributed by atoms with van der Waals surface area (Å²) in [5.41, 5.74) is 1.24. The molecule has 0 unspecified atom stereocenters. The van der Waals surface area contributed by atoms with E-state index in [1.807, 2.05) is 0 Å². The maximum absolute atomic E-state index is 12.3. The number of aliphatic imine (C=N–C) groups is 1. The Morgan fingerprint density at radius 2 is 1.74 bits per heavy atom. The maximum Gasteiger partial charge on any atom is 0.264 e. The second-order valence-electron chi connectivity index (χ2n) is 5.41. The largest absolute Gasteiger partial charge is 0.497 e. The minimum atomic E-state index is -0.248. The molecule has 27 heavy (non-hydrogen) atoms. The van der Waals surface area contributed by atoms with E-state index < -0.39 is 0 Å². The second-order valence-corrected chi connectivity index (χ2v) is 6.84. The minimum absolute atomic E-state index is 0.248. The Morgan fingerprint density at radius 3 is 2.44 bits per heavy atom. The van der Waals surface area contributed by atoms with Crippen LogP contribution < -0.4 is 19.5 Å². The average Bonchev–Trinajstić information content (AvgIpc) is 3.02. The van der Waals surface area contributed by atoms with Crippen molar-refractivity contribution in [3.63, 3.8) is 0 Å². The van der Waals surface area contributed by atoms with Gasteiger partial charge in [0.15, 0.2) is 5.17 Å². The number of thioether (sulfide) groups is 1. The van der Waals surface area contributed by atoms with Crippen molar-refractivity contribution in [2.75, 3.05) is 21.3 Å². The average molecular weight is 405 g/mol. The summed E-state index contributed by atoms with van der Waals surface area (Å²) in [5.74, 6) is 1.69. The number of benzene rings is 2. The molecule has 8 heteroatoms. The fourth-order valence-electron chi connectivity index (χ4n) is 2.39. The predicted molar refractivity (Wildman–Crippen MR) is 108 cm³/mol. The van der Waals surface area contributed by atoms with Gasteiger partial charge in [-0.15, -0.1) is 0 Å². The van der Waals surface area contributed by atoms with Gasteiger partial charge in [-0.2, -0.15) is 0 Å². The van der Waals surface area contributed by atoms with Crippen LogP contribution in [0.25, 0.3) is 6.08 Å². The number of nitrogens with zero attached hydrogens (tertiary/aromatic N) is 1. The van der Waals surface area contributed by atoms with E-state index in [0.29, 0.717) is 38.0 Å². The van der Waals surface area contributed by atoms with Gasteiger partial charge >= 0.3 is 0 Å². The van der Waals surface area contributed by atoms with Gasteiger partial charge in [-0.05, 0) is 48.2 Å². The van der Waals surface area contributed by atoms with Crippen molar-refractivity contribution in [1.82, 2.24) is 5.32 Å². The first kappa shape index (κ1) is 19.1. The lowest BCUT2D eigenvalue weighted by molar-refractivity contribution is -0.115. The molecule has 1 fully saturated rings. The van der Waals surface area contributed by atoms with Crippen molar-refractivity contribution in [3.05, 3.63) is 51.9 Å². The number of rotatable bonds is 5. The van der Waals surface area contributed by atoms with Crippen molar-refractivity contribution in [2.45, 2.75) is 0 Å². The Morgan fingerprint density at radius 1 is 1.04 bits per heavy atom. The highest BCUT2D eigenvalue weighted by atomic mass is 35.5. The molecule has 1 N–H and O–H groups in total. The Hall–Kier alpha value is -2.64. The van der Waals surface area contributed by atoms with Crippen molar-refractivity contribution in [1.29, 1.82) is 0 Å². The summed E-state index contributed by atoms with van der Waals surface area (Å²) in [4.78, 5) is 17.2. The molecule has 1 aliphatic heterocycles. The van der Waals surface area contributed by atoms with Gasteiger partial charge in [0.1, 0.15) is 17.2 Å². The van der Waals surface area contributed by atoms with Crippen LogP contribution >= 0.6 is 23.4 Å². The molecule has 0 bridgehead atoms. The number of ether oxygens (including phenoxy) is 3. The lowest BCUT2D eigenvalue weighted by Crippen LogP contribution is -2.19. The number of hydrogen-bond acceptors (Lipinski definition) is 6. The Balaban J connectivity index is 1.91. The normalized spacial score (nSPS) is 16.5. The standard InChI is InChI=1S/C19H17ClN2O4S/c1-24-12-5-7-16(26-3)11(8-12)9-17-18(23)22-19(27-17)21-15-10-13(25-2)4-6-14(15)20/h4-10H,1-3H3,(H,21,22,23). The molecule has 1 saturated heterocycles. The molecular weight excluding hydrogens is 388 g/mol. The highest BCUT2D eigenvalue weighted by Crippen LogP contribution is 2.34. The molecule has 0 radical (unpaired) electrons. The van der Waals surface area contributed by atoms with Gasteiger partial charge in [0.2, 0.25) is 0 Å². The zero-order valence-corrected chi connectivity index (χ0v) is 16.5. The maximum atomic E-state index is 12.3. The van der Waals surface area contributed by atoms with E-state index in [9.17, 15) is 4.79 Å². The molecule has 0 aliphatic carbocycles. The summed E-state index contributed by atoms with van der Waals surface area (Å²) >= 11 is 7.40. The first-order chi connectivity index (χ1) is 13.0. The van der Waals surface area contributed by atoms with Crippen LogP contribution in [0.3, 0.4) is 0 Å². The van der Waals surface area contributed by atoms with Crippen molar-refractivity contribution in [3.8, 4) is 17.2 Å². The molecule has 0 saturated carbocycles. The molecule has 3 rings (SSSR count). The topological polar surface area (TPSA) is 69.2 Å². The van der Waals surface area contributed by atoms with E-state index >= 15 is 0 Å². The monoisotopic (exact) mass is 404 g/mol. The van der Waals surface area contributed by atoms with Crippen molar-refractivity contribution in [2.24, 2.45) is 4.99 Å². The number of nitrogens with one attached hydrogen (secondary N) is 1. The Labute approximate surface area is 166 Å². The van der Waals surface area contributed by atoms with Gasteiger partial charge in [0.25, 0.3) is 5.91 Å². The van der Waals surface area contributed by atoms with Gasteiger partial charge in [-0.1, -0.05) is 11.6 Å². The van der Waals surface area contributed by atoms with E-state index in [4.69, 9.17) is 25.8 Å². The van der Waals surface area contributed by atoms with Crippen molar-refractivity contribution >= 4 is 46.2 Å². The summed E-state index contributed by atoms with van der Waals surface area (Å²) < 4.78 is 15.8. The van der Waals surface area contributed by atoms with Gasteiger partial charge in [0, 0.05) is 11.6 Å². The second kappa shape index (κ2) is 8.37. The number of carbonyl (C=O) groups is 1. The van der Waals surface area contributed by atoms with E-state index in [1.54, 1.807) is 63.8 Å². The van der Waals surface area contributed by atoms with Gasteiger partial charge in [-0.3, -0.25) is 4.79 Å². The molecule has 2 aromatic rings. The third-order valence-electron chi connectivity index (χ3n) is 3.75. The molecule has 2 aromatic carbocycles. The highest BCUT2D eigenvalue weighted by molar-refractivity contribution is 8.18. The number of amidine groups is 1. The van der Waals surface area contributed by atoms with Crippen LogP contribution in [0.5, 0.6) is 17.2 Å². The molecule has 140 valence electrons. The first-order valence-electron chi connectivity index (χ1n) is 7.89. The summed E-state index contributed by atoms with van der Waals surface area (Å²) in [5, 5.41) is 3.63. The zero-order valence-electron chi connectivity index (χ0n) is 14.9. The third kappa shape index (κ3) is 4.37. The molecular formula is C19H17ClN2O4S. The molecule has 1 heterocycles. The summed E-state index contributed by atoms with van der Waals surface area (Å²) in [7, 11) is 4.72. The van der Waals surface area contributed by atoms with Crippen LogP contribution in [0, 0.1) is 0 Å². The predicted octanol–water partition coefficient (Wildman–Crippen LogP) is 4.26. The summed E-state index contributed by atoms with van der Waals surface area (Å²) in [6.45, 7) is 0. The molecule has 0 aromatic heterocycles. The number of carbonyl (C=O) groups excluding carboxylic acids is 1. The van der Waals surface area contributed by atoms with Crippen LogP contribution in [0.2, 0.25) is 5.02 Å². The molecule has 0 atom stereocenters. The SMILES string of the molecule is COc1ccc(OC)c(C=C2SC(=Nc3cc(OC)ccc3Cl)NC2=O)c1. The van der Waals surface area contributed by atoms with E-state index in [0.717, 1.165) is 5.56 Å². The Kier molecular flexibility index (Phi) is 5.93. The van der Waals surface area contributed by atoms with Gasteiger partial charge < -0.3 is 19.5 Å². The number of halogens is 1. The van der Waals surface area contributed by atoms with Crippen molar-refractivity contribution < 1.29 is 19.0 Å². The smallest absolute Gasteiger partial charge is 0.264 e. The highest BCUT2D eigenvalue weighted by Gasteiger charge is 2.24. The van der Waals surface area contributed by atoms with Gasteiger partial charge in [0.05, 0.1) is 36.9 Å². The molecule has 1 aliphatic rings. The quantitative estimate of drug-likeness (QED) is 0.754. The number of methoxy groups -OCH3 is 3. The molecule has 0 spiro atoms. The molecule has 6 nitrogen and oxygen atoms in total. The summed E-state index contributed by atoms with van der Waals surface area (Å²) in [6.07, 6.45) is 1.73. The number of amides is 1. The minimum Gasteiger partial charge on any atom is -0.497 e. The van der Waals surface area contributed by atoms with Crippen LogP contribution in [0.15, 0.2) is 46.3 Å². The van der Waals surface area contributed by atoms with Crippen LogP contribution in [0.4, 0.5) is 5.69 Å². The lowest BCUT2D eigenvalue weighted by Gasteiger charge is -2.07. The fraction of sp³-hybridized carbons (Fsp3) is 0.158. The van der Waals surface area contributed by atoms with E-state index in [1.165, 1.54) is 11.8 Å². The van der Waals surface area contributed by atoms with E-state index in [-0.39, 0.29) is 5.91 Å².